The van der Waals surface area contributed by atoms with Crippen LogP contribution in [-0.4, -0.2) is 30.8 Å². The predicted molar refractivity (Wildman–Crippen MR) is 77.0 cm³/mol. The molecule has 1 atom stereocenters. The number of rotatable bonds is 5. The molecular weight excluding hydrogens is 268 g/mol. The van der Waals surface area contributed by atoms with E-state index >= 15 is 0 Å². The minimum absolute atomic E-state index is 0.0746. The number of sulfonamides is 1. The molecule has 4 nitrogen and oxygen atoms in total. The highest BCUT2D eigenvalue weighted by molar-refractivity contribution is 7.89. The fourth-order valence-corrected chi connectivity index (χ4v) is 3.43. The van der Waals surface area contributed by atoms with Crippen molar-refractivity contribution >= 4 is 27.2 Å². The number of thiocarbonyl (C=S) groups is 1. The van der Waals surface area contributed by atoms with E-state index in [9.17, 15) is 8.42 Å². The van der Waals surface area contributed by atoms with Gasteiger partial charge in [-0.25, -0.2) is 8.42 Å². The Kier molecular flexibility index (Phi) is 4.84. The third kappa shape index (κ3) is 2.88. The van der Waals surface area contributed by atoms with Crippen molar-refractivity contribution in [1.29, 1.82) is 0 Å². The van der Waals surface area contributed by atoms with Crippen molar-refractivity contribution in [1.82, 2.24) is 4.31 Å². The summed E-state index contributed by atoms with van der Waals surface area (Å²) in [5, 5.41) is 0. The Balaban J connectivity index is 3.33. The maximum absolute atomic E-state index is 12.5. The summed E-state index contributed by atoms with van der Waals surface area (Å²) in [5.74, 6) is 0. The third-order valence-corrected chi connectivity index (χ3v) is 5.27. The van der Waals surface area contributed by atoms with Crippen LogP contribution in [0.4, 0.5) is 0 Å². The fraction of sp³-hybridized carbons (Fsp3) is 0.417. The van der Waals surface area contributed by atoms with Gasteiger partial charge in [0.1, 0.15) is 4.99 Å². The van der Waals surface area contributed by atoms with Crippen LogP contribution in [0.2, 0.25) is 0 Å². The van der Waals surface area contributed by atoms with Gasteiger partial charge in [0.25, 0.3) is 0 Å². The Morgan fingerprint density at radius 2 is 2.00 bits per heavy atom. The second-order valence-electron chi connectivity index (χ2n) is 4.14. The van der Waals surface area contributed by atoms with E-state index in [0.717, 1.165) is 6.42 Å². The zero-order valence-corrected chi connectivity index (χ0v) is 12.4. The largest absolute Gasteiger partial charge is 0.389 e. The van der Waals surface area contributed by atoms with Crippen LogP contribution in [0.5, 0.6) is 0 Å². The van der Waals surface area contributed by atoms with Crippen LogP contribution in [0.1, 0.15) is 25.8 Å². The smallest absolute Gasteiger partial charge is 0.243 e. The Morgan fingerprint density at radius 3 is 2.50 bits per heavy atom. The topological polar surface area (TPSA) is 63.4 Å². The van der Waals surface area contributed by atoms with Gasteiger partial charge < -0.3 is 5.73 Å². The molecule has 0 bridgehead atoms. The molecule has 2 N–H and O–H groups in total. The van der Waals surface area contributed by atoms with Gasteiger partial charge >= 0.3 is 0 Å². The summed E-state index contributed by atoms with van der Waals surface area (Å²) in [5.41, 5.74) is 5.96. The lowest BCUT2D eigenvalue weighted by atomic mass is 10.2. The SMILES string of the molecule is CCC(C)N(C)S(=O)(=O)c1ccccc1C(N)=S. The number of benzene rings is 1. The van der Waals surface area contributed by atoms with E-state index in [-0.39, 0.29) is 15.9 Å². The van der Waals surface area contributed by atoms with E-state index in [4.69, 9.17) is 18.0 Å². The first-order valence-electron chi connectivity index (χ1n) is 5.69. The minimum Gasteiger partial charge on any atom is -0.389 e. The molecule has 0 aliphatic carbocycles. The number of hydrogen-bond donors (Lipinski definition) is 1. The van der Waals surface area contributed by atoms with Crippen LogP contribution in [0.15, 0.2) is 29.2 Å². The standard InChI is InChI=1S/C12H18N2O2S2/c1-4-9(2)14(3)18(15,16)11-8-6-5-7-10(11)12(13)17/h5-9H,4H2,1-3H3,(H2,13,17). The number of nitrogens with two attached hydrogens (primary N) is 1. The van der Waals surface area contributed by atoms with Gasteiger partial charge in [-0.2, -0.15) is 4.31 Å². The molecule has 1 rings (SSSR count). The van der Waals surface area contributed by atoms with Crippen LogP contribution in [-0.2, 0) is 10.0 Å². The zero-order chi connectivity index (χ0) is 13.9. The Labute approximate surface area is 114 Å². The molecule has 1 aromatic rings. The molecule has 0 aromatic heterocycles. The average Bonchev–Trinajstić information content (AvgIpc) is 2.36. The Hall–Kier alpha value is -0.980. The third-order valence-electron chi connectivity index (χ3n) is 3.02. The van der Waals surface area contributed by atoms with Crippen LogP contribution < -0.4 is 5.73 Å². The summed E-state index contributed by atoms with van der Waals surface area (Å²) in [6, 6.07) is 6.47. The lowest BCUT2D eigenvalue weighted by Gasteiger charge is -2.24. The summed E-state index contributed by atoms with van der Waals surface area (Å²) in [6.07, 6.45) is 0.741. The first-order chi connectivity index (χ1) is 8.32. The van der Waals surface area contributed by atoms with Gasteiger partial charge in [0.2, 0.25) is 10.0 Å². The van der Waals surface area contributed by atoms with Crippen molar-refractivity contribution < 1.29 is 8.42 Å². The second-order valence-corrected chi connectivity index (χ2v) is 6.54. The molecule has 0 fully saturated rings. The van der Waals surface area contributed by atoms with Gasteiger partial charge in [0.15, 0.2) is 0 Å². The summed E-state index contributed by atoms with van der Waals surface area (Å²) in [6.45, 7) is 3.80. The molecule has 6 heteroatoms. The molecule has 1 aromatic carbocycles. The summed E-state index contributed by atoms with van der Waals surface area (Å²) in [7, 11) is -1.99. The monoisotopic (exact) mass is 286 g/mol. The van der Waals surface area contributed by atoms with Gasteiger partial charge in [-0.15, -0.1) is 0 Å². The van der Waals surface area contributed by atoms with Crippen LogP contribution in [0, 0.1) is 0 Å². The maximum atomic E-state index is 12.5. The predicted octanol–water partition coefficient (Wildman–Crippen LogP) is 1.74. The van der Waals surface area contributed by atoms with Crippen molar-refractivity contribution in [3.63, 3.8) is 0 Å². The normalized spacial score (nSPS) is 13.6. The molecule has 0 aliphatic heterocycles. The number of nitrogens with zero attached hydrogens (tertiary/aromatic N) is 1. The fourth-order valence-electron chi connectivity index (χ4n) is 1.54. The average molecular weight is 286 g/mol. The molecular formula is C12H18N2O2S2. The first kappa shape index (κ1) is 15.1. The lowest BCUT2D eigenvalue weighted by Crippen LogP contribution is -2.35. The lowest BCUT2D eigenvalue weighted by molar-refractivity contribution is 0.380. The minimum atomic E-state index is -3.56. The van der Waals surface area contributed by atoms with Crippen molar-refractivity contribution in [3.8, 4) is 0 Å². The van der Waals surface area contributed by atoms with Crippen LogP contribution in [0.3, 0.4) is 0 Å². The van der Waals surface area contributed by atoms with Gasteiger partial charge in [-0.3, -0.25) is 0 Å². The molecule has 0 heterocycles. The highest BCUT2D eigenvalue weighted by Gasteiger charge is 2.27. The quantitative estimate of drug-likeness (QED) is 0.838. The molecule has 0 radical (unpaired) electrons. The zero-order valence-electron chi connectivity index (χ0n) is 10.8. The Morgan fingerprint density at radius 1 is 1.44 bits per heavy atom. The Bertz CT molecular complexity index is 541. The molecule has 0 saturated heterocycles. The van der Waals surface area contributed by atoms with Crippen molar-refractivity contribution in [2.75, 3.05) is 7.05 Å². The van der Waals surface area contributed by atoms with Crippen molar-refractivity contribution in [2.24, 2.45) is 5.73 Å². The number of hydrogen-bond acceptors (Lipinski definition) is 3. The van der Waals surface area contributed by atoms with Crippen LogP contribution in [0.25, 0.3) is 0 Å². The van der Waals surface area contributed by atoms with E-state index < -0.39 is 10.0 Å². The highest BCUT2D eigenvalue weighted by Crippen LogP contribution is 2.21. The van der Waals surface area contributed by atoms with Gasteiger partial charge in [-0.05, 0) is 19.4 Å². The molecule has 100 valence electrons. The van der Waals surface area contributed by atoms with E-state index in [1.54, 1.807) is 25.2 Å². The molecule has 0 saturated carbocycles. The summed E-state index contributed by atoms with van der Waals surface area (Å²) < 4.78 is 26.3. The van der Waals surface area contributed by atoms with E-state index in [1.807, 2.05) is 13.8 Å². The van der Waals surface area contributed by atoms with Crippen molar-refractivity contribution in [3.05, 3.63) is 29.8 Å². The summed E-state index contributed by atoms with van der Waals surface area (Å²) >= 11 is 4.89. The molecule has 0 amide bonds. The molecule has 0 spiro atoms. The molecule has 0 aliphatic rings. The van der Waals surface area contributed by atoms with Gasteiger partial charge in [0.05, 0.1) is 4.90 Å². The van der Waals surface area contributed by atoms with E-state index in [1.165, 1.54) is 10.4 Å². The second kappa shape index (κ2) is 5.77. The van der Waals surface area contributed by atoms with Crippen molar-refractivity contribution in [2.45, 2.75) is 31.2 Å². The van der Waals surface area contributed by atoms with E-state index in [0.29, 0.717) is 5.56 Å². The first-order valence-corrected chi connectivity index (χ1v) is 7.54. The molecule has 18 heavy (non-hydrogen) atoms. The van der Waals surface area contributed by atoms with Gasteiger partial charge in [0, 0.05) is 18.7 Å². The van der Waals surface area contributed by atoms with Gasteiger partial charge in [-0.1, -0.05) is 37.3 Å². The summed E-state index contributed by atoms with van der Waals surface area (Å²) in [4.78, 5) is 0.257. The maximum Gasteiger partial charge on any atom is 0.243 e. The van der Waals surface area contributed by atoms with E-state index in [2.05, 4.69) is 0 Å². The van der Waals surface area contributed by atoms with Crippen LogP contribution >= 0.6 is 12.2 Å². The highest BCUT2D eigenvalue weighted by atomic mass is 32.2. The molecule has 1 unspecified atom stereocenters.